The van der Waals surface area contributed by atoms with Crippen molar-refractivity contribution in [1.82, 2.24) is 4.90 Å². The largest absolute Gasteiger partial charge is 0.389 e. The molecular formula is C20H26N2O. The van der Waals surface area contributed by atoms with Crippen molar-refractivity contribution < 1.29 is 5.11 Å². The number of piperidine rings is 1. The van der Waals surface area contributed by atoms with Gasteiger partial charge in [0.05, 0.1) is 5.60 Å². The van der Waals surface area contributed by atoms with Gasteiger partial charge >= 0.3 is 0 Å². The van der Waals surface area contributed by atoms with E-state index >= 15 is 0 Å². The van der Waals surface area contributed by atoms with E-state index in [2.05, 4.69) is 41.3 Å². The molecule has 122 valence electrons. The molecule has 3 heteroatoms. The second-order valence-corrected chi connectivity index (χ2v) is 6.58. The van der Waals surface area contributed by atoms with Crippen LogP contribution < -0.4 is 5.73 Å². The maximum Gasteiger partial charge on any atom is 0.0712 e. The molecule has 1 aliphatic heterocycles. The van der Waals surface area contributed by atoms with Gasteiger partial charge in [-0.1, -0.05) is 60.7 Å². The third-order valence-electron chi connectivity index (χ3n) is 4.95. The van der Waals surface area contributed by atoms with Gasteiger partial charge in [-0.15, -0.1) is 0 Å². The Bertz CT molecular complexity index is 592. The summed E-state index contributed by atoms with van der Waals surface area (Å²) in [6.45, 7) is 2.39. The zero-order chi connectivity index (χ0) is 16.1. The van der Waals surface area contributed by atoms with Crippen LogP contribution in [0, 0.1) is 0 Å². The first-order valence-electron chi connectivity index (χ1n) is 8.46. The van der Waals surface area contributed by atoms with Crippen molar-refractivity contribution in [3.63, 3.8) is 0 Å². The smallest absolute Gasteiger partial charge is 0.0712 e. The number of rotatable bonds is 5. The zero-order valence-electron chi connectivity index (χ0n) is 13.6. The van der Waals surface area contributed by atoms with Crippen molar-refractivity contribution in [2.45, 2.75) is 30.9 Å². The quantitative estimate of drug-likeness (QED) is 0.893. The Kier molecular flexibility index (Phi) is 5.11. The molecule has 0 radical (unpaired) electrons. The Labute approximate surface area is 138 Å². The second-order valence-electron chi connectivity index (χ2n) is 6.58. The summed E-state index contributed by atoms with van der Waals surface area (Å²) in [7, 11) is 0. The summed E-state index contributed by atoms with van der Waals surface area (Å²) in [5, 5.41) is 10.9. The van der Waals surface area contributed by atoms with Gasteiger partial charge in [-0.2, -0.15) is 0 Å². The Balaban J connectivity index is 1.63. The first-order valence-corrected chi connectivity index (χ1v) is 8.46. The van der Waals surface area contributed by atoms with E-state index in [0.29, 0.717) is 6.54 Å². The lowest BCUT2D eigenvalue weighted by Crippen LogP contribution is -2.48. The Morgan fingerprint density at radius 3 is 2.09 bits per heavy atom. The summed E-state index contributed by atoms with van der Waals surface area (Å²) >= 11 is 0. The molecule has 0 aromatic heterocycles. The lowest BCUT2D eigenvalue weighted by molar-refractivity contribution is -0.0301. The van der Waals surface area contributed by atoms with E-state index in [-0.39, 0.29) is 6.04 Å². The van der Waals surface area contributed by atoms with Crippen molar-refractivity contribution in [3.8, 4) is 0 Å². The number of nitrogens with zero attached hydrogens (tertiary/aromatic N) is 1. The summed E-state index contributed by atoms with van der Waals surface area (Å²) in [6.07, 6.45) is 2.33. The fourth-order valence-electron chi connectivity index (χ4n) is 3.58. The van der Waals surface area contributed by atoms with Crippen molar-refractivity contribution in [2.75, 3.05) is 19.6 Å². The van der Waals surface area contributed by atoms with Gasteiger partial charge in [0.25, 0.3) is 0 Å². The van der Waals surface area contributed by atoms with Gasteiger partial charge in [-0.25, -0.2) is 0 Å². The highest BCUT2D eigenvalue weighted by molar-refractivity contribution is 5.20. The molecule has 1 atom stereocenters. The maximum atomic E-state index is 10.9. The molecule has 0 spiro atoms. The predicted octanol–water partition coefficient (Wildman–Crippen LogP) is 2.76. The molecule has 0 amide bonds. The Hall–Kier alpha value is -1.68. The van der Waals surface area contributed by atoms with Gasteiger partial charge in [-0.3, -0.25) is 4.90 Å². The van der Waals surface area contributed by atoms with E-state index in [1.807, 2.05) is 24.3 Å². The third kappa shape index (κ3) is 3.99. The standard InChI is InChI=1S/C20H26N2O/c21-16-19(18-9-5-2-6-10-18)22-13-11-20(23,12-14-22)15-17-7-3-1-4-8-17/h1-10,19,23H,11-16,21H2. The highest BCUT2D eigenvalue weighted by Gasteiger charge is 2.34. The first kappa shape index (κ1) is 16.2. The molecule has 0 bridgehead atoms. The van der Waals surface area contributed by atoms with Gasteiger partial charge in [0.1, 0.15) is 0 Å². The zero-order valence-corrected chi connectivity index (χ0v) is 13.6. The van der Waals surface area contributed by atoms with E-state index in [0.717, 1.165) is 32.4 Å². The molecule has 3 N–H and O–H groups in total. The minimum absolute atomic E-state index is 0.248. The molecule has 1 aliphatic rings. The van der Waals surface area contributed by atoms with E-state index in [1.54, 1.807) is 0 Å². The molecule has 1 saturated heterocycles. The van der Waals surface area contributed by atoms with E-state index in [9.17, 15) is 5.11 Å². The first-order chi connectivity index (χ1) is 11.2. The van der Waals surface area contributed by atoms with Gasteiger partial charge in [-0.05, 0) is 24.0 Å². The topological polar surface area (TPSA) is 49.5 Å². The summed E-state index contributed by atoms with van der Waals surface area (Å²) in [5.41, 5.74) is 7.91. The number of benzene rings is 2. The highest BCUT2D eigenvalue weighted by atomic mass is 16.3. The van der Waals surface area contributed by atoms with Crippen LogP contribution in [0.2, 0.25) is 0 Å². The Morgan fingerprint density at radius 1 is 0.957 bits per heavy atom. The van der Waals surface area contributed by atoms with Crippen LogP contribution in [0.4, 0.5) is 0 Å². The fourth-order valence-corrected chi connectivity index (χ4v) is 3.58. The normalized spacial score (nSPS) is 19.4. The van der Waals surface area contributed by atoms with Gasteiger partial charge in [0.2, 0.25) is 0 Å². The molecule has 3 rings (SSSR count). The average molecular weight is 310 g/mol. The minimum atomic E-state index is -0.590. The van der Waals surface area contributed by atoms with Gasteiger partial charge < -0.3 is 10.8 Å². The number of hydrogen-bond donors (Lipinski definition) is 2. The van der Waals surface area contributed by atoms with Crippen LogP contribution in [0.15, 0.2) is 60.7 Å². The summed E-state index contributed by atoms with van der Waals surface area (Å²) in [6, 6.07) is 21.0. The molecule has 1 heterocycles. The molecule has 0 saturated carbocycles. The van der Waals surface area contributed by atoms with Crippen molar-refractivity contribution in [3.05, 3.63) is 71.8 Å². The number of aliphatic hydroxyl groups is 1. The number of likely N-dealkylation sites (tertiary alicyclic amines) is 1. The van der Waals surface area contributed by atoms with E-state index in [1.165, 1.54) is 11.1 Å². The van der Waals surface area contributed by atoms with Crippen LogP contribution >= 0.6 is 0 Å². The van der Waals surface area contributed by atoms with Crippen LogP contribution in [0.1, 0.15) is 30.0 Å². The average Bonchev–Trinajstić information content (AvgIpc) is 2.59. The molecular weight excluding hydrogens is 284 g/mol. The van der Waals surface area contributed by atoms with Crippen LogP contribution in [-0.4, -0.2) is 35.2 Å². The molecule has 1 unspecified atom stereocenters. The van der Waals surface area contributed by atoms with Gasteiger partial charge in [0.15, 0.2) is 0 Å². The lowest BCUT2D eigenvalue weighted by Gasteiger charge is -2.41. The van der Waals surface area contributed by atoms with E-state index in [4.69, 9.17) is 5.73 Å². The highest BCUT2D eigenvalue weighted by Crippen LogP contribution is 2.30. The van der Waals surface area contributed by atoms with Crippen molar-refractivity contribution in [2.24, 2.45) is 5.73 Å². The van der Waals surface area contributed by atoms with Crippen LogP contribution in [0.3, 0.4) is 0 Å². The van der Waals surface area contributed by atoms with Crippen LogP contribution in [0.25, 0.3) is 0 Å². The third-order valence-corrected chi connectivity index (χ3v) is 4.95. The van der Waals surface area contributed by atoms with Crippen molar-refractivity contribution in [1.29, 1.82) is 0 Å². The molecule has 2 aromatic carbocycles. The molecule has 0 aliphatic carbocycles. The second kappa shape index (κ2) is 7.26. The van der Waals surface area contributed by atoms with Gasteiger partial charge in [0, 0.05) is 32.1 Å². The molecule has 3 nitrogen and oxygen atoms in total. The number of hydrogen-bond acceptors (Lipinski definition) is 3. The lowest BCUT2D eigenvalue weighted by atomic mass is 9.84. The minimum Gasteiger partial charge on any atom is -0.389 e. The maximum absolute atomic E-state index is 10.9. The SMILES string of the molecule is NCC(c1ccccc1)N1CCC(O)(Cc2ccccc2)CC1. The Morgan fingerprint density at radius 2 is 1.52 bits per heavy atom. The molecule has 1 fully saturated rings. The predicted molar refractivity (Wildman–Crippen MR) is 94.1 cm³/mol. The molecule has 2 aromatic rings. The molecule has 23 heavy (non-hydrogen) atoms. The van der Waals surface area contributed by atoms with Crippen LogP contribution in [0.5, 0.6) is 0 Å². The van der Waals surface area contributed by atoms with Crippen molar-refractivity contribution >= 4 is 0 Å². The van der Waals surface area contributed by atoms with E-state index < -0.39 is 5.60 Å². The monoisotopic (exact) mass is 310 g/mol. The number of nitrogens with two attached hydrogens (primary N) is 1. The summed E-state index contributed by atoms with van der Waals surface area (Å²) < 4.78 is 0. The summed E-state index contributed by atoms with van der Waals surface area (Å²) in [4.78, 5) is 2.41. The summed E-state index contributed by atoms with van der Waals surface area (Å²) in [5.74, 6) is 0. The van der Waals surface area contributed by atoms with Crippen LogP contribution in [-0.2, 0) is 6.42 Å². The fraction of sp³-hybridized carbons (Fsp3) is 0.400.